The van der Waals surface area contributed by atoms with Crippen molar-refractivity contribution in [2.75, 3.05) is 13.2 Å². The van der Waals surface area contributed by atoms with Gasteiger partial charge in [-0.3, -0.25) is 0 Å². The molecule has 102 valence electrons. The lowest BCUT2D eigenvalue weighted by atomic mass is 10.0. The Bertz CT molecular complexity index is 347. The topological polar surface area (TPSA) is 34.1 Å². The first kappa shape index (κ1) is 14.0. The van der Waals surface area contributed by atoms with E-state index in [4.69, 9.17) is 4.74 Å². The third kappa shape index (κ3) is 4.04. The highest BCUT2D eigenvalue weighted by Gasteiger charge is 2.17. The predicted octanol–water partition coefficient (Wildman–Crippen LogP) is 3.45. The van der Waals surface area contributed by atoms with Gasteiger partial charge in [0, 0.05) is 23.7 Å². The fraction of sp³-hybridized carbons (Fsp3) is 0.786. The van der Waals surface area contributed by atoms with Crippen molar-refractivity contribution in [2.45, 2.75) is 58.1 Å². The van der Waals surface area contributed by atoms with Crippen molar-refractivity contribution < 1.29 is 4.74 Å². The van der Waals surface area contributed by atoms with Crippen LogP contribution in [0.25, 0.3) is 0 Å². The van der Waals surface area contributed by atoms with Gasteiger partial charge in [-0.2, -0.15) is 0 Å². The molecule has 1 aliphatic rings. The molecule has 0 aliphatic carbocycles. The summed E-state index contributed by atoms with van der Waals surface area (Å²) < 4.78 is 5.67. The van der Waals surface area contributed by atoms with Crippen LogP contribution in [-0.4, -0.2) is 24.2 Å². The Hall–Kier alpha value is -0.450. The van der Waals surface area contributed by atoms with Crippen molar-refractivity contribution in [3.05, 3.63) is 16.1 Å². The first-order valence-corrected chi connectivity index (χ1v) is 7.88. The third-order valence-corrected chi connectivity index (χ3v) is 4.50. The Morgan fingerprint density at radius 1 is 1.61 bits per heavy atom. The molecule has 2 heterocycles. The summed E-state index contributed by atoms with van der Waals surface area (Å²) in [7, 11) is 0. The number of nitrogens with zero attached hydrogens (tertiary/aromatic N) is 1. The molecule has 2 atom stereocenters. The van der Waals surface area contributed by atoms with E-state index in [0.29, 0.717) is 12.1 Å². The van der Waals surface area contributed by atoms with Crippen molar-refractivity contribution in [1.29, 1.82) is 0 Å². The minimum absolute atomic E-state index is 0.475. The molecule has 18 heavy (non-hydrogen) atoms. The summed E-state index contributed by atoms with van der Waals surface area (Å²) in [6.45, 7) is 6.22. The lowest BCUT2D eigenvalue weighted by Gasteiger charge is -2.17. The second-order valence-electron chi connectivity index (χ2n) is 4.96. The average Bonchev–Trinajstić information content (AvgIpc) is 2.99. The molecule has 2 unspecified atom stereocenters. The van der Waals surface area contributed by atoms with E-state index in [2.05, 4.69) is 24.1 Å². The molecule has 0 saturated carbocycles. The largest absolute Gasteiger partial charge is 0.378 e. The molecule has 1 aromatic rings. The van der Waals surface area contributed by atoms with Gasteiger partial charge < -0.3 is 10.1 Å². The number of rotatable bonds is 7. The Morgan fingerprint density at radius 3 is 3.11 bits per heavy atom. The van der Waals surface area contributed by atoms with Gasteiger partial charge in [-0.05, 0) is 45.6 Å². The summed E-state index contributed by atoms with van der Waals surface area (Å²) in [4.78, 5) is 5.74. The molecule has 3 nitrogen and oxygen atoms in total. The minimum Gasteiger partial charge on any atom is -0.378 e. The van der Waals surface area contributed by atoms with Gasteiger partial charge in [0.15, 0.2) is 0 Å². The van der Waals surface area contributed by atoms with Gasteiger partial charge in [0.2, 0.25) is 0 Å². The third-order valence-electron chi connectivity index (χ3n) is 3.48. The van der Waals surface area contributed by atoms with Gasteiger partial charge in [-0.25, -0.2) is 4.98 Å². The number of hydrogen-bond donors (Lipinski definition) is 1. The zero-order valence-corrected chi connectivity index (χ0v) is 12.3. The van der Waals surface area contributed by atoms with Gasteiger partial charge in [-0.1, -0.05) is 6.92 Å². The van der Waals surface area contributed by atoms with Crippen molar-refractivity contribution in [3.63, 3.8) is 0 Å². The highest BCUT2D eigenvalue weighted by molar-refractivity contribution is 7.11. The van der Waals surface area contributed by atoms with Crippen LogP contribution in [0, 0.1) is 6.92 Å². The minimum atomic E-state index is 0.475. The Labute approximate surface area is 114 Å². The first-order valence-electron chi connectivity index (χ1n) is 7.07. The number of hydrogen-bond acceptors (Lipinski definition) is 4. The molecular weight excluding hydrogens is 244 g/mol. The van der Waals surface area contributed by atoms with Crippen molar-refractivity contribution in [3.8, 4) is 0 Å². The Morgan fingerprint density at radius 2 is 2.50 bits per heavy atom. The maximum absolute atomic E-state index is 5.67. The molecule has 0 spiro atoms. The van der Waals surface area contributed by atoms with E-state index < -0.39 is 0 Å². The zero-order valence-electron chi connectivity index (χ0n) is 11.4. The number of ether oxygens (including phenoxy) is 1. The van der Waals surface area contributed by atoms with E-state index in [1.54, 1.807) is 0 Å². The number of aromatic nitrogens is 1. The van der Waals surface area contributed by atoms with E-state index in [1.807, 2.05) is 17.5 Å². The first-order chi connectivity index (χ1) is 8.79. The monoisotopic (exact) mass is 268 g/mol. The Balaban J connectivity index is 1.78. The lowest BCUT2D eigenvalue weighted by molar-refractivity contribution is 0.101. The summed E-state index contributed by atoms with van der Waals surface area (Å²) in [5.41, 5.74) is 0. The van der Waals surface area contributed by atoms with E-state index in [-0.39, 0.29) is 0 Å². The summed E-state index contributed by atoms with van der Waals surface area (Å²) in [6.07, 6.45) is 8.68. The van der Waals surface area contributed by atoms with E-state index in [1.165, 1.54) is 37.0 Å². The van der Waals surface area contributed by atoms with Crippen LogP contribution in [0.15, 0.2) is 6.20 Å². The summed E-state index contributed by atoms with van der Waals surface area (Å²) in [5, 5.41) is 4.73. The molecular formula is C14H24N2OS. The molecule has 0 bridgehead atoms. The smallest absolute Gasteiger partial charge is 0.0897 e. The van der Waals surface area contributed by atoms with Crippen LogP contribution < -0.4 is 5.32 Å². The SMILES string of the molecule is CCNC(CCCC1CCCO1)c1cnc(C)s1. The summed E-state index contributed by atoms with van der Waals surface area (Å²) in [6, 6.07) is 0.475. The summed E-state index contributed by atoms with van der Waals surface area (Å²) in [5.74, 6) is 0. The van der Waals surface area contributed by atoms with Crippen molar-refractivity contribution >= 4 is 11.3 Å². The van der Waals surface area contributed by atoms with Gasteiger partial charge in [0.1, 0.15) is 0 Å². The standard InChI is InChI=1S/C14H24N2OS/c1-3-15-13(14-10-16-11(2)18-14)8-4-6-12-7-5-9-17-12/h10,12-13,15H,3-9H2,1-2H3. The number of thiazole rings is 1. The van der Waals surface area contributed by atoms with Crippen LogP contribution in [-0.2, 0) is 4.74 Å². The normalized spacial score (nSPS) is 21.3. The van der Waals surface area contributed by atoms with Gasteiger partial charge in [-0.15, -0.1) is 11.3 Å². The molecule has 1 aliphatic heterocycles. The Kier molecular flexibility index (Phi) is 5.60. The molecule has 4 heteroatoms. The zero-order chi connectivity index (χ0) is 12.8. The molecule has 2 rings (SSSR count). The molecule has 0 aromatic carbocycles. The second-order valence-corrected chi connectivity index (χ2v) is 6.22. The van der Waals surface area contributed by atoms with Gasteiger partial charge in [0.25, 0.3) is 0 Å². The number of nitrogens with one attached hydrogen (secondary N) is 1. The van der Waals surface area contributed by atoms with Gasteiger partial charge >= 0.3 is 0 Å². The fourth-order valence-corrected chi connectivity index (χ4v) is 3.45. The van der Waals surface area contributed by atoms with Crippen molar-refractivity contribution in [1.82, 2.24) is 10.3 Å². The van der Waals surface area contributed by atoms with Crippen LogP contribution in [0.4, 0.5) is 0 Å². The lowest BCUT2D eigenvalue weighted by Crippen LogP contribution is -2.20. The summed E-state index contributed by atoms with van der Waals surface area (Å²) >= 11 is 1.81. The van der Waals surface area contributed by atoms with E-state index >= 15 is 0 Å². The van der Waals surface area contributed by atoms with Crippen molar-refractivity contribution in [2.24, 2.45) is 0 Å². The van der Waals surface area contributed by atoms with Crippen LogP contribution in [0.2, 0.25) is 0 Å². The average molecular weight is 268 g/mol. The highest BCUT2D eigenvalue weighted by atomic mass is 32.1. The second kappa shape index (κ2) is 7.22. The van der Waals surface area contributed by atoms with Crippen LogP contribution >= 0.6 is 11.3 Å². The van der Waals surface area contributed by atoms with Crippen LogP contribution in [0.3, 0.4) is 0 Å². The molecule has 1 saturated heterocycles. The van der Waals surface area contributed by atoms with E-state index in [0.717, 1.165) is 18.2 Å². The van der Waals surface area contributed by atoms with Gasteiger partial charge in [0.05, 0.1) is 11.1 Å². The molecule has 0 amide bonds. The maximum Gasteiger partial charge on any atom is 0.0897 e. The molecule has 1 aromatic heterocycles. The quantitative estimate of drug-likeness (QED) is 0.822. The molecule has 0 radical (unpaired) electrons. The predicted molar refractivity (Wildman–Crippen MR) is 76.1 cm³/mol. The molecule has 1 fully saturated rings. The maximum atomic E-state index is 5.67. The van der Waals surface area contributed by atoms with E-state index in [9.17, 15) is 0 Å². The highest BCUT2D eigenvalue weighted by Crippen LogP contribution is 2.26. The van der Waals surface area contributed by atoms with Crippen LogP contribution in [0.1, 0.15) is 55.0 Å². The number of aryl methyl sites for hydroxylation is 1. The van der Waals surface area contributed by atoms with Crippen LogP contribution in [0.5, 0.6) is 0 Å². The fourth-order valence-electron chi connectivity index (χ4n) is 2.55. The molecule has 1 N–H and O–H groups in total.